The summed E-state index contributed by atoms with van der Waals surface area (Å²) in [6.07, 6.45) is 4.76. The number of likely N-dealkylation sites (tertiary alicyclic amines) is 1. The van der Waals surface area contributed by atoms with Crippen LogP contribution in [0.2, 0.25) is 0 Å². The molecular weight excluding hydrogens is 226 g/mol. The number of hydrogen-bond donors (Lipinski definition) is 0. The predicted molar refractivity (Wildman–Crippen MR) is 70.0 cm³/mol. The van der Waals surface area contributed by atoms with Crippen LogP contribution in [0.25, 0.3) is 0 Å². The van der Waals surface area contributed by atoms with Gasteiger partial charge in [0.25, 0.3) is 0 Å². The highest BCUT2D eigenvalue weighted by Crippen LogP contribution is 2.44. The summed E-state index contributed by atoms with van der Waals surface area (Å²) in [5.41, 5.74) is 0.694. The smallest absolute Gasteiger partial charge is 0.150 e. The van der Waals surface area contributed by atoms with Gasteiger partial charge in [0.15, 0.2) is 0 Å². The number of nitrogens with zero attached hydrogens (tertiary/aromatic N) is 1. The molecule has 2 atom stereocenters. The van der Waals surface area contributed by atoms with E-state index in [0.29, 0.717) is 5.56 Å². The number of aldehydes is 1. The van der Waals surface area contributed by atoms with Crippen LogP contribution in [0.5, 0.6) is 5.75 Å². The van der Waals surface area contributed by atoms with Gasteiger partial charge in [-0.15, -0.1) is 0 Å². The molecule has 0 amide bonds. The first-order valence-electron chi connectivity index (χ1n) is 6.79. The van der Waals surface area contributed by atoms with Crippen molar-refractivity contribution in [3.63, 3.8) is 0 Å². The molecule has 1 aliphatic carbocycles. The van der Waals surface area contributed by atoms with Crippen LogP contribution in [0, 0.1) is 5.92 Å². The number of fused-ring (bicyclic) bond motifs is 1. The van der Waals surface area contributed by atoms with E-state index < -0.39 is 0 Å². The molecule has 0 bridgehead atoms. The van der Waals surface area contributed by atoms with Gasteiger partial charge < -0.3 is 4.74 Å². The second kappa shape index (κ2) is 5.11. The van der Waals surface area contributed by atoms with Crippen LogP contribution in [0.3, 0.4) is 0 Å². The van der Waals surface area contributed by atoms with Gasteiger partial charge in [0.1, 0.15) is 12.0 Å². The Labute approximate surface area is 108 Å². The van der Waals surface area contributed by atoms with Crippen molar-refractivity contribution in [2.75, 3.05) is 19.7 Å². The SMILES string of the molecule is O=Cc1ccc(OCCCN2CC[C@@H]3C[C@@H]32)cc1. The third kappa shape index (κ3) is 2.56. The molecule has 0 unspecified atom stereocenters. The van der Waals surface area contributed by atoms with Crippen LogP contribution in [0.15, 0.2) is 24.3 Å². The Hall–Kier alpha value is -1.35. The van der Waals surface area contributed by atoms with Crippen molar-refractivity contribution < 1.29 is 9.53 Å². The molecule has 1 aliphatic heterocycles. The second-order valence-electron chi connectivity index (χ2n) is 5.28. The van der Waals surface area contributed by atoms with Crippen LogP contribution in [0.4, 0.5) is 0 Å². The van der Waals surface area contributed by atoms with Crippen LogP contribution in [0.1, 0.15) is 29.6 Å². The molecule has 3 nitrogen and oxygen atoms in total. The molecule has 2 fully saturated rings. The van der Waals surface area contributed by atoms with Gasteiger partial charge in [0, 0.05) is 18.2 Å². The maximum absolute atomic E-state index is 10.5. The average Bonchev–Trinajstić information content (AvgIpc) is 3.10. The number of piperidine rings is 1. The first kappa shape index (κ1) is 11.7. The maximum Gasteiger partial charge on any atom is 0.150 e. The fourth-order valence-corrected chi connectivity index (χ4v) is 2.86. The molecule has 0 radical (unpaired) electrons. The summed E-state index contributed by atoms with van der Waals surface area (Å²) >= 11 is 0. The number of ether oxygens (including phenoxy) is 1. The number of carbonyl (C=O) groups is 1. The van der Waals surface area contributed by atoms with Gasteiger partial charge in [0.2, 0.25) is 0 Å². The summed E-state index contributed by atoms with van der Waals surface area (Å²) in [4.78, 5) is 13.1. The summed E-state index contributed by atoms with van der Waals surface area (Å²) in [7, 11) is 0. The van der Waals surface area contributed by atoms with Gasteiger partial charge in [-0.2, -0.15) is 0 Å². The van der Waals surface area contributed by atoms with Gasteiger partial charge in [0.05, 0.1) is 6.61 Å². The van der Waals surface area contributed by atoms with E-state index in [9.17, 15) is 4.79 Å². The highest BCUT2D eigenvalue weighted by atomic mass is 16.5. The van der Waals surface area contributed by atoms with E-state index >= 15 is 0 Å². The fourth-order valence-electron chi connectivity index (χ4n) is 2.86. The highest BCUT2D eigenvalue weighted by Gasteiger charge is 2.46. The highest BCUT2D eigenvalue weighted by molar-refractivity contribution is 5.74. The molecule has 2 aliphatic rings. The molecule has 1 aromatic carbocycles. The topological polar surface area (TPSA) is 29.5 Å². The van der Waals surface area contributed by atoms with Gasteiger partial charge in [-0.05, 0) is 56.0 Å². The van der Waals surface area contributed by atoms with Crippen molar-refractivity contribution >= 4 is 6.29 Å². The molecule has 3 rings (SSSR count). The van der Waals surface area contributed by atoms with E-state index in [1.54, 1.807) is 12.1 Å². The zero-order valence-electron chi connectivity index (χ0n) is 10.5. The zero-order chi connectivity index (χ0) is 12.4. The van der Waals surface area contributed by atoms with E-state index in [1.165, 1.54) is 19.4 Å². The van der Waals surface area contributed by atoms with E-state index in [-0.39, 0.29) is 0 Å². The largest absolute Gasteiger partial charge is 0.494 e. The Morgan fingerprint density at radius 1 is 1.33 bits per heavy atom. The maximum atomic E-state index is 10.5. The Bertz CT molecular complexity index is 415. The lowest BCUT2D eigenvalue weighted by Crippen LogP contribution is -2.25. The van der Waals surface area contributed by atoms with Crippen LogP contribution < -0.4 is 4.74 Å². The minimum atomic E-state index is 0.694. The number of rotatable bonds is 6. The van der Waals surface area contributed by atoms with E-state index in [4.69, 9.17) is 4.74 Å². The summed E-state index contributed by atoms with van der Waals surface area (Å²) < 4.78 is 5.67. The van der Waals surface area contributed by atoms with Crippen LogP contribution >= 0.6 is 0 Å². The molecule has 1 heterocycles. The second-order valence-corrected chi connectivity index (χ2v) is 5.28. The fraction of sp³-hybridized carbons (Fsp3) is 0.533. The number of hydrogen-bond acceptors (Lipinski definition) is 3. The molecule has 0 spiro atoms. The quantitative estimate of drug-likeness (QED) is 0.569. The molecule has 0 N–H and O–H groups in total. The average molecular weight is 245 g/mol. The monoisotopic (exact) mass is 245 g/mol. The lowest BCUT2D eigenvalue weighted by Gasteiger charge is -2.17. The third-order valence-corrected chi connectivity index (χ3v) is 4.02. The van der Waals surface area contributed by atoms with E-state index in [1.807, 2.05) is 12.1 Å². The summed E-state index contributed by atoms with van der Waals surface area (Å²) in [6.45, 7) is 3.20. The van der Waals surface area contributed by atoms with Crippen molar-refractivity contribution in [1.29, 1.82) is 0 Å². The number of benzene rings is 1. The minimum absolute atomic E-state index is 0.694. The molecule has 96 valence electrons. The summed E-state index contributed by atoms with van der Waals surface area (Å²) in [5, 5.41) is 0. The van der Waals surface area contributed by atoms with Gasteiger partial charge in [-0.25, -0.2) is 0 Å². The number of carbonyl (C=O) groups excluding carboxylic acids is 1. The van der Waals surface area contributed by atoms with Crippen LogP contribution in [-0.2, 0) is 0 Å². The van der Waals surface area contributed by atoms with Crippen molar-refractivity contribution in [2.45, 2.75) is 25.3 Å². The first-order chi connectivity index (χ1) is 8.86. The predicted octanol–water partition coefficient (Wildman–Crippen LogP) is 2.36. The van der Waals surface area contributed by atoms with Crippen molar-refractivity contribution in [2.24, 2.45) is 5.92 Å². The third-order valence-electron chi connectivity index (χ3n) is 4.02. The lowest BCUT2D eigenvalue weighted by molar-refractivity contribution is 0.112. The van der Waals surface area contributed by atoms with E-state index in [0.717, 1.165) is 43.6 Å². The van der Waals surface area contributed by atoms with Gasteiger partial charge in [-0.1, -0.05) is 0 Å². The van der Waals surface area contributed by atoms with Crippen molar-refractivity contribution in [3.8, 4) is 5.75 Å². The normalized spacial score (nSPS) is 25.8. The molecule has 1 saturated carbocycles. The Morgan fingerprint density at radius 2 is 2.17 bits per heavy atom. The first-order valence-corrected chi connectivity index (χ1v) is 6.79. The van der Waals surface area contributed by atoms with Crippen LogP contribution in [-0.4, -0.2) is 36.9 Å². The molecule has 1 aromatic rings. The Balaban J connectivity index is 1.37. The molecule has 18 heavy (non-hydrogen) atoms. The minimum Gasteiger partial charge on any atom is -0.494 e. The zero-order valence-corrected chi connectivity index (χ0v) is 10.5. The van der Waals surface area contributed by atoms with Gasteiger partial charge >= 0.3 is 0 Å². The van der Waals surface area contributed by atoms with Gasteiger partial charge in [-0.3, -0.25) is 9.69 Å². The van der Waals surface area contributed by atoms with Crippen molar-refractivity contribution in [1.82, 2.24) is 4.90 Å². The summed E-state index contributed by atoms with van der Waals surface area (Å²) in [6, 6.07) is 8.19. The van der Waals surface area contributed by atoms with Crippen molar-refractivity contribution in [3.05, 3.63) is 29.8 Å². The Morgan fingerprint density at radius 3 is 2.78 bits per heavy atom. The molecule has 3 heteroatoms. The molecule has 1 saturated heterocycles. The molecule has 0 aromatic heterocycles. The summed E-state index contributed by atoms with van der Waals surface area (Å²) in [5.74, 6) is 1.87. The lowest BCUT2D eigenvalue weighted by atomic mass is 10.2. The van der Waals surface area contributed by atoms with E-state index in [2.05, 4.69) is 4.90 Å². The standard InChI is InChI=1S/C15H19NO2/c17-11-12-2-4-14(5-3-12)18-9-1-7-16-8-6-13-10-15(13)16/h2-5,11,13,15H,1,6-10H2/t13-,15+/m1/s1. The molecular formula is C15H19NO2. The Kier molecular flexibility index (Phi) is 3.33.